The van der Waals surface area contributed by atoms with Crippen molar-refractivity contribution in [3.8, 4) is 5.75 Å². The SMILES string of the molecule is COc1cccc(NC(=O)N[C@@H]2[C@@H](OC(C)=O)O[C@@H]([C@@H](COC(C)=O)OC(C)=O)[C@H](OC(C)=O)[C@H]2OC(C)=O)c1. The zero-order valence-electron chi connectivity index (χ0n) is 22.8. The molecule has 40 heavy (non-hydrogen) atoms. The highest BCUT2D eigenvalue weighted by Crippen LogP contribution is 2.31. The lowest BCUT2D eigenvalue weighted by Gasteiger charge is -2.46. The summed E-state index contributed by atoms with van der Waals surface area (Å²) in [5, 5.41) is 5.07. The molecule has 1 fully saturated rings. The van der Waals surface area contributed by atoms with Gasteiger partial charge < -0.3 is 43.8 Å². The summed E-state index contributed by atoms with van der Waals surface area (Å²) < 4.78 is 37.3. The number of ether oxygens (including phenoxy) is 7. The summed E-state index contributed by atoms with van der Waals surface area (Å²) in [7, 11) is 1.45. The maximum absolute atomic E-state index is 13.0. The van der Waals surface area contributed by atoms with Gasteiger partial charge in [0.15, 0.2) is 18.3 Å². The Morgan fingerprint density at radius 3 is 2.02 bits per heavy atom. The molecular formula is C25H32N2O13. The number of hydrogen-bond donors (Lipinski definition) is 2. The molecule has 2 N–H and O–H groups in total. The minimum atomic E-state index is -1.65. The molecule has 0 aromatic heterocycles. The summed E-state index contributed by atoms with van der Waals surface area (Å²) in [6.45, 7) is 4.82. The molecule has 1 saturated heterocycles. The minimum Gasteiger partial charge on any atom is -0.497 e. The third-order valence-corrected chi connectivity index (χ3v) is 5.23. The Balaban J connectivity index is 2.51. The molecule has 1 heterocycles. The number of anilines is 1. The van der Waals surface area contributed by atoms with Crippen molar-refractivity contribution in [1.29, 1.82) is 0 Å². The van der Waals surface area contributed by atoms with Crippen molar-refractivity contribution in [2.24, 2.45) is 0 Å². The number of benzene rings is 1. The lowest BCUT2D eigenvalue weighted by molar-refractivity contribution is -0.282. The van der Waals surface area contributed by atoms with Crippen molar-refractivity contribution >= 4 is 41.6 Å². The van der Waals surface area contributed by atoms with Gasteiger partial charge >= 0.3 is 35.9 Å². The molecule has 15 heteroatoms. The predicted molar refractivity (Wildman–Crippen MR) is 133 cm³/mol. The van der Waals surface area contributed by atoms with Gasteiger partial charge in [0.1, 0.15) is 24.5 Å². The number of rotatable bonds is 10. The van der Waals surface area contributed by atoms with Gasteiger partial charge in [0, 0.05) is 46.4 Å². The van der Waals surface area contributed by atoms with E-state index in [4.69, 9.17) is 33.2 Å². The van der Waals surface area contributed by atoms with E-state index in [0.29, 0.717) is 11.4 Å². The Kier molecular flexibility index (Phi) is 11.7. The highest BCUT2D eigenvalue weighted by Gasteiger charge is 2.55. The van der Waals surface area contributed by atoms with Gasteiger partial charge in [0.05, 0.1) is 7.11 Å². The van der Waals surface area contributed by atoms with Gasteiger partial charge in [-0.05, 0) is 12.1 Å². The van der Waals surface area contributed by atoms with Crippen LogP contribution in [0, 0.1) is 0 Å². The monoisotopic (exact) mass is 568 g/mol. The fourth-order valence-electron chi connectivity index (χ4n) is 3.86. The van der Waals surface area contributed by atoms with Gasteiger partial charge in [-0.3, -0.25) is 24.0 Å². The third kappa shape index (κ3) is 9.72. The summed E-state index contributed by atoms with van der Waals surface area (Å²) in [6.07, 6.45) is -7.61. The first kappa shape index (κ1) is 31.8. The van der Waals surface area contributed by atoms with Gasteiger partial charge in [-0.25, -0.2) is 4.79 Å². The number of carbonyl (C=O) groups excluding carboxylic acids is 6. The number of carbonyl (C=O) groups is 6. The zero-order chi connectivity index (χ0) is 30.0. The number of hydrogen-bond acceptors (Lipinski definition) is 13. The summed E-state index contributed by atoms with van der Waals surface area (Å²) in [4.78, 5) is 72.5. The first-order chi connectivity index (χ1) is 18.8. The average molecular weight is 569 g/mol. The lowest BCUT2D eigenvalue weighted by Crippen LogP contribution is -2.69. The molecule has 6 atom stereocenters. The molecule has 0 spiro atoms. The Labute approximate surface area is 229 Å². The van der Waals surface area contributed by atoms with E-state index >= 15 is 0 Å². The smallest absolute Gasteiger partial charge is 0.319 e. The Morgan fingerprint density at radius 1 is 0.850 bits per heavy atom. The molecule has 15 nitrogen and oxygen atoms in total. The van der Waals surface area contributed by atoms with Gasteiger partial charge in [-0.2, -0.15) is 0 Å². The van der Waals surface area contributed by atoms with E-state index in [0.717, 1.165) is 34.6 Å². The predicted octanol–water partition coefficient (Wildman–Crippen LogP) is 0.832. The van der Waals surface area contributed by atoms with Crippen LogP contribution in [0.5, 0.6) is 5.75 Å². The van der Waals surface area contributed by atoms with Crippen LogP contribution >= 0.6 is 0 Å². The van der Waals surface area contributed by atoms with Gasteiger partial charge in [-0.1, -0.05) is 6.07 Å². The first-order valence-electron chi connectivity index (χ1n) is 12.0. The fraction of sp³-hybridized carbons (Fsp3) is 0.520. The number of methoxy groups -OCH3 is 1. The molecule has 0 radical (unpaired) electrons. The van der Waals surface area contributed by atoms with Crippen LogP contribution in [0.3, 0.4) is 0 Å². The second kappa shape index (κ2) is 14.7. The molecule has 2 amide bonds. The van der Waals surface area contributed by atoms with Crippen LogP contribution in [0.1, 0.15) is 34.6 Å². The summed E-state index contributed by atoms with van der Waals surface area (Å²) >= 11 is 0. The molecule has 1 aliphatic rings. The fourth-order valence-corrected chi connectivity index (χ4v) is 3.86. The Bertz CT molecular complexity index is 1110. The molecule has 220 valence electrons. The third-order valence-electron chi connectivity index (χ3n) is 5.23. The highest BCUT2D eigenvalue weighted by atomic mass is 16.7. The molecule has 0 unspecified atom stereocenters. The second-order valence-electron chi connectivity index (χ2n) is 8.53. The molecule has 1 aromatic carbocycles. The van der Waals surface area contributed by atoms with E-state index in [-0.39, 0.29) is 0 Å². The molecular weight excluding hydrogens is 536 g/mol. The van der Waals surface area contributed by atoms with Gasteiger partial charge in [0.25, 0.3) is 0 Å². The summed E-state index contributed by atoms with van der Waals surface area (Å²) in [5.74, 6) is -3.63. The normalized spacial score (nSPS) is 22.5. The molecule has 1 aromatic rings. The number of esters is 5. The van der Waals surface area contributed by atoms with Crippen LogP contribution < -0.4 is 15.4 Å². The first-order valence-corrected chi connectivity index (χ1v) is 12.0. The topological polar surface area (TPSA) is 191 Å². The molecule has 2 rings (SSSR count). The van der Waals surface area contributed by atoms with Crippen LogP contribution in [-0.2, 0) is 52.4 Å². The summed E-state index contributed by atoms with van der Waals surface area (Å²) in [6, 6.07) is 4.10. The van der Waals surface area contributed by atoms with E-state index in [1.165, 1.54) is 13.2 Å². The molecule has 1 aliphatic heterocycles. The van der Waals surface area contributed by atoms with Crippen LogP contribution in [0.25, 0.3) is 0 Å². The zero-order valence-corrected chi connectivity index (χ0v) is 22.8. The van der Waals surface area contributed by atoms with Crippen molar-refractivity contribution in [2.75, 3.05) is 19.0 Å². The van der Waals surface area contributed by atoms with Crippen LogP contribution in [0.4, 0.5) is 10.5 Å². The van der Waals surface area contributed by atoms with Crippen molar-refractivity contribution in [1.82, 2.24) is 5.32 Å². The number of nitrogens with one attached hydrogen (secondary N) is 2. The second-order valence-corrected chi connectivity index (χ2v) is 8.53. The Morgan fingerprint density at radius 2 is 1.48 bits per heavy atom. The van der Waals surface area contributed by atoms with Crippen molar-refractivity contribution in [3.63, 3.8) is 0 Å². The van der Waals surface area contributed by atoms with E-state index in [2.05, 4.69) is 10.6 Å². The minimum absolute atomic E-state index is 0.326. The summed E-state index contributed by atoms with van der Waals surface area (Å²) in [5.41, 5.74) is 0.326. The van der Waals surface area contributed by atoms with Gasteiger partial charge in [0.2, 0.25) is 6.29 Å². The quantitative estimate of drug-likeness (QED) is 0.298. The van der Waals surface area contributed by atoms with E-state index in [1.54, 1.807) is 18.2 Å². The largest absolute Gasteiger partial charge is 0.497 e. The molecule has 0 bridgehead atoms. The van der Waals surface area contributed by atoms with Crippen molar-refractivity contribution in [2.45, 2.75) is 71.4 Å². The van der Waals surface area contributed by atoms with Crippen molar-refractivity contribution in [3.05, 3.63) is 24.3 Å². The molecule has 0 saturated carbocycles. The van der Waals surface area contributed by atoms with Crippen molar-refractivity contribution < 1.29 is 61.9 Å². The molecule has 0 aliphatic carbocycles. The maximum atomic E-state index is 13.0. The number of amides is 2. The van der Waals surface area contributed by atoms with E-state index in [9.17, 15) is 28.8 Å². The van der Waals surface area contributed by atoms with Crippen LogP contribution in [0.15, 0.2) is 24.3 Å². The highest BCUT2D eigenvalue weighted by molar-refractivity contribution is 5.89. The lowest BCUT2D eigenvalue weighted by atomic mass is 9.93. The van der Waals surface area contributed by atoms with Crippen LogP contribution in [-0.4, -0.2) is 86.3 Å². The van der Waals surface area contributed by atoms with Gasteiger partial charge in [-0.15, -0.1) is 0 Å². The van der Waals surface area contributed by atoms with E-state index in [1.807, 2.05) is 0 Å². The average Bonchev–Trinajstić information content (AvgIpc) is 2.84. The Hall–Kier alpha value is -4.40. The maximum Gasteiger partial charge on any atom is 0.319 e. The number of urea groups is 1. The van der Waals surface area contributed by atoms with E-state index < -0.39 is 79.2 Å². The standard InChI is InChI=1S/C25H32N2O13/c1-12(28)35-11-19(36-13(2)29)21-23(38-15(4)31)22(37-14(3)30)20(24(40-21)39-16(5)32)27-25(33)26-17-8-7-9-18(10-17)34-6/h7-10,19-24H,11H2,1-6H3,(H2,26,27,33)/t19-,20+,21+,22+,23+,24+/m1/s1. The van der Waals surface area contributed by atoms with Crippen LogP contribution in [0.2, 0.25) is 0 Å².